The highest BCUT2D eigenvalue weighted by atomic mass is 79.9. The van der Waals surface area contributed by atoms with Crippen LogP contribution in [0.4, 0.5) is 11.4 Å². The molecule has 0 spiro atoms. The number of halogens is 1. The summed E-state index contributed by atoms with van der Waals surface area (Å²) in [6, 6.07) is 11.6. The van der Waals surface area contributed by atoms with E-state index in [0.717, 1.165) is 27.7 Å². The molecule has 0 saturated heterocycles. The highest BCUT2D eigenvalue weighted by molar-refractivity contribution is 9.10. The van der Waals surface area contributed by atoms with Gasteiger partial charge in [-0.05, 0) is 35.7 Å². The summed E-state index contributed by atoms with van der Waals surface area (Å²) < 4.78 is 6.80. The van der Waals surface area contributed by atoms with Crippen molar-refractivity contribution >= 4 is 33.2 Å². The fourth-order valence-corrected chi connectivity index (χ4v) is 2.56. The lowest BCUT2D eigenvalue weighted by Gasteiger charge is -2.19. The molecule has 108 valence electrons. The quantitative estimate of drug-likeness (QED) is 0.836. The number of hydrogen-bond acceptors (Lipinski definition) is 3. The molecule has 0 bridgehead atoms. The van der Waals surface area contributed by atoms with Crippen LogP contribution in [0.15, 0.2) is 40.9 Å². The third-order valence-electron chi connectivity index (χ3n) is 3.44. The maximum Gasteiger partial charge on any atom is 0.224 e. The molecule has 3 N–H and O–H groups in total. The van der Waals surface area contributed by atoms with Crippen molar-refractivity contribution in [2.45, 2.75) is 19.4 Å². The summed E-state index contributed by atoms with van der Waals surface area (Å²) in [5.74, 6) is 0.630. The number of ether oxygens (including phenoxy) is 1. The number of rotatable bonds is 3. The molecule has 2 aromatic carbocycles. The Kier molecular flexibility index (Phi) is 3.84. The van der Waals surface area contributed by atoms with Crippen LogP contribution in [-0.4, -0.2) is 5.91 Å². The molecular weight excluding hydrogens is 332 g/mol. The van der Waals surface area contributed by atoms with E-state index in [4.69, 9.17) is 10.5 Å². The topological polar surface area (TPSA) is 64.3 Å². The normalized spacial score (nSPS) is 13.5. The lowest BCUT2D eigenvalue weighted by atomic mass is 10.0. The fraction of sp³-hybridized carbons (Fsp3) is 0.188. The third kappa shape index (κ3) is 3.19. The first-order chi connectivity index (χ1) is 10.1. The zero-order valence-corrected chi connectivity index (χ0v) is 12.9. The number of benzene rings is 2. The molecule has 5 heteroatoms. The van der Waals surface area contributed by atoms with Crippen LogP contribution in [0, 0.1) is 0 Å². The second kappa shape index (κ2) is 5.77. The Hall–Kier alpha value is -2.01. The van der Waals surface area contributed by atoms with Crippen LogP contribution in [0.1, 0.15) is 17.5 Å². The standard InChI is InChI=1S/C16H15BrN2O2/c17-12-4-1-10(2-5-12)9-21-15-8-14-11(7-13(15)18)3-6-16(20)19-14/h1-2,4-5,7-8H,3,6,9,18H2,(H,19,20). The number of carbonyl (C=O) groups excluding carboxylic acids is 1. The van der Waals surface area contributed by atoms with E-state index in [-0.39, 0.29) is 5.91 Å². The van der Waals surface area contributed by atoms with Crippen molar-refractivity contribution in [2.75, 3.05) is 11.1 Å². The zero-order chi connectivity index (χ0) is 14.8. The van der Waals surface area contributed by atoms with Crippen LogP contribution in [0.5, 0.6) is 5.75 Å². The second-order valence-corrected chi connectivity index (χ2v) is 5.93. The number of nitrogen functional groups attached to an aromatic ring is 1. The fourth-order valence-electron chi connectivity index (χ4n) is 2.29. The van der Waals surface area contributed by atoms with Gasteiger partial charge in [0, 0.05) is 22.6 Å². The van der Waals surface area contributed by atoms with Crippen molar-refractivity contribution < 1.29 is 9.53 Å². The van der Waals surface area contributed by atoms with E-state index in [2.05, 4.69) is 21.2 Å². The summed E-state index contributed by atoms with van der Waals surface area (Å²) in [6.07, 6.45) is 1.23. The number of hydrogen-bond donors (Lipinski definition) is 2. The van der Waals surface area contributed by atoms with Crippen LogP contribution >= 0.6 is 15.9 Å². The van der Waals surface area contributed by atoms with Crippen LogP contribution in [0.2, 0.25) is 0 Å². The summed E-state index contributed by atoms with van der Waals surface area (Å²) in [7, 11) is 0. The summed E-state index contributed by atoms with van der Waals surface area (Å²) in [5.41, 5.74) is 9.53. The van der Waals surface area contributed by atoms with Gasteiger partial charge in [-0.2, -0.15) is 0 Å². The monoisotopic (exact) mass is 346 g/mol. The summed E-state index contributed by atoms with van der Waals surface area (Å²) in [6.45, 7) is 0.435. The lowest BCUT2D eigenvalue weighted by molar-refractivity contribution is -0.116. The second-order valence-electron chi connectivity index (χ2n) is 5.01. The smallest absolute Gasteiger partial charge is 0.224 e. The van der Waals surface area contributed by atoms with Gasteiger partial charge in [0.25, 0.3) is 0 Å². The summed E-state index contributed by atoms with van der Waals surface area (Å²) in [4.78, 5) is 11.4. The molecule has 1 aliphatic rings. The van der Waals surface area contributed by atoms with Crippen molar-refractivity contribution in [1.29, 1.82) is 0 Å². The van der Waals surface area contributed by atoms with Gasteiger partial charge in [0.2, 0.25) is 5.91 Å². The van der Waals surface area contributed by atoms with E-state index >= 15 is 0 Å². The molecule has 1 aliphatic heterocycles. The molecule has 0 fully saturated rings. The van der Waals surface area contributed by atoms with Crippen molar-refractivity contribution in [3.63, 3.8) is 0 Å². The Bertz CT molecular complexity index is 683. The van der Waals surface area contributed by atoms with Crippen molar-refractivity contribution in [1.82, 2.24) is 0 Å². The molecule has 2 aromatic rings. The molecule has 0 unspecified atom stereocenters. The Morgan fingerprint density at radius 3 is 2.71 bits per heavy atom. The van der Waals surface area contributed by atoms with Crippen molar-refractivity contribution in [3.8, 4) is 5.75 Å². The molecule has 1 amide bonds. The maximum absolute atomic E-state index is 11.4. The van der Waals surface area contributed by atoms with Crippen molar-refractivity contribution in [2.24, 2.45) is 0 Å². The molecule has 0 radical (unpaired) electrons. The highest BCUT2D eigenvalue weighted by Crippen LogP contribution is 2.33. The minimum absolute atomic E-state index is 0.0335. The van der Waals surface area contributed by atoms with Gasteiger partial charge < -0.3 is 15.8 Å². The van der Waals surface area contributed by atoms with E-state index in [0.29, 0.717) is 24.5 Å². The van der Waals surface area contributed by atoms with Crippen LogP contribution in [0.25, 0.3) is 0 Å². The number of amides is 1. The zero-order valence-electron chi connectivity index (χ0n) is 11.4. The number of nitrogens with one attached hydrogen (secondary N) is 1. The highest BCUT2D eigenvalue weighted by Gasteiger charge is 2.17. The average Bonchev–Trinajstić information content (AvgIpc) is 2.47. The van der Waals surface area contributed by atoms with Gasteiger partial charge in [-0.3, -0.25) is 4.79 Å². The summed E-state index contributed by atoms with van der Waals surface area (Å²) in [5, 5.41) is 2.85. The van der Waals surface area contributed by atoms with Crippen LogP contribution in [0.3, 0.4) is 0 Å². The van der Waals surface area contributed by atoms with E-state index in [1.165, 1.54) is 0 Å². The molecule has 0 atom stereocenters. The maximum atomic E-state index is 11.4. The predicted molar refractivity (Wildman–Crippen MR) is 86.3 cm³/mol. The molecular formula is C16H15BrN2O2. The minimum atomic E-state index is 0.0335. The summed E-state index contributed by atoms with van der Waals surface area (Å²) >= 11 is 3.40. The van der Waals surface area contributed by atoms with Gasteiger partial charge in [-0.25, -0.2) is 0 Å². The molecule has 21 heavy (non-hydrogen) atoms. The van der Waals surface area contributed by atoms with E-state index in [9.17, 15) is 4.79 Å². The number of anilines is 2. The molecule has 0 aromatic heterocycles. The van der Waals surface area contributed by atoms with E-state index in [1.807, 2.05) is 30.3 Å². The van der Waals surface area contributed by atoms with Crippen LogP contribution in [-0.2, 0) is 17.8 Å². The number of fused-ring (bicyclic) bond motifs is 1. The number of aryl methyl sites for hydroxylation is 1. The molecule has 0 aliphatic carbocycles. The SMILES string of the molecule is Nc1cc2c(cc1OCc1ccc(Br)cc1)NC(=O)CC2. The van der Waals surface area contributed by atoms with E-state index < -0.39 is 0 Å². The van der Waals surface area contributed by atoms with Gasteiger partial charge in [0.15, 0.2) is 0 Å². The Balaban J connectivity index is 1.77. The number of carbonyl (C=O) groups is 1. The average molecular weight is 347 g/mol. The van der Waals surface area contributed by atoms with Gasteiger partial charge >= 0.3 is 0 Å². The molecule has 0 saturated carbocycles. The Morgan fingerprint density at radius 1 is 1.19 bits per heavy atom. The van der Waals surface area contributed by atoms with E-state index in [1.54, 1.807) is 6.07 Å². The third-order valence-corrected chi connectivity index (χ3v) is 3.97. The first-order valence-corrected chi connectivity index (χ1v) is 7.50. The van der Waals surface area contributed by atoms with Gasteiger partial charge in [-0.1, -0.05) is 28.1 Å². The lowest BCUT2D eigenvalue weighted by Crippen LogP contribution is -2.19. The minimum Gasteiger partial charge on any atom is -0.487 e. The van der Waals surface area contributed by atoms with Crippen molar-refractivity contribution in [3.05, 3.63) is 52.0 Å². The Labute approximate surface area is 131 Å². The largest absolute Gasteiger partial charge is 0.487 e. The predicted octanol–water partition coefficient (Wildman–Crippen LogP) is 3.50. The van der Waals surface area contributed by atoms with Gasteiger partial charge in [-0.15, -0.1) is 0 Å². The molecule has 3 rings (SSSR count). The van der Waals surface area contributed by atoms with Crippen LogP contribution < -0.4 is 15.8 Å². The first-order valence-electron chi connectivity index (χ1n) is 6.71. The number of nitrogens with two attached hydrogens (primary N) is 1. The Morgan fingerprint density at radius 2 is 1.95 bits per heavy atom. The molecule has 1 heterocycles. The van der Waals surface area contributed by atoms with Gasteiger partial charge in [0.1, 0.15) is 12.4 Å². The van der Waals surface area contributed by atoms with Gasteiger partial charge in [0.05, 0.1) is 5.69 Å². The first kappa shape index (κ1) is 13.9. The molecule has 4 nitrogen and oxygen atoms in total.